The molecule has 2 rings (SSSR count). The first-order chi connectivity index (χ1) is 11.8. The molecule has 0 bridgehead atoms. The van der Waals surface area contributed by atoms with Crippen molar-refractivity contribution >= 4 is 12.3 Å². The highest BCUT2D eigenvalue weighted by Crippen LogP contribution is 2.30. The van der Waals surface area contributed by atoms with Crippen molar-refractivity contribution in [2.24, 2.45) is 17.3 Å². The van der Waals surface area contributed by atoms with Gasteiger partial charge in [-0.25, -0.2) is 0 Å². The lowest BCUT2D eigenvalue weighted by molar-refractivity contribution is -0.143. The molecule has 2 atom stereocenters. The van der Waals surface area contributed by atoms with Gasteiger partial charge >= 0.3 is 5.97 Å². The van der Waals surface area contributed by atoms with Crippen molar-refractivity contribution in [3.8, 4) is 16.9 Å². The molecule has 25 heavy (non-hydrogen) atoms. The van der Waals surface area contributed by atoms with Crippen LogP contribution >= 0.6 is 0 Å². The van der Waals surface area contributed by atoms with Crippen LogP contribution in [0.2, 0.25) is 0 Å². The standard InChI is InChI=1S/C22H26O3/c1-16(15-23)20(14-22(2,3)4)21(24)25-19-12-10-18(11-13-19)17-8-6-5-7-9-17/h5-13,15-16,20H,14H2,1-4H3. The number of esters is 1. The molecule has 3 heteroatoms. The number of carbonyl (C=O) groups is 2. The summed E-state index contributed by atoms with van der Waals surface area (Å²) in [5.41, 5.74) is 2.12. The molecule has 0 N–H and O–H groups in total. The summed E-state index contributed by atoms with van der Waals surface area (Å²) in [6, 6.07) is 17.5. The monoisotopic (exact) mass is 338 g/mol. The average Bonchev–Trinajstić information content (AvgIpc) is 2.59. The van der Waals surface area contributed by atoms with Crippen LogP contribution in [0.1, 0.15) is 34.1 Å². The summed E-state index contributed by atoms with van der Waals surface area (Å²) in [5.74, 6) is -0.648. The molecule has 3 nitrogen and oxygen atoms in total. The van der Waals surface area contributed by atoms with Crippen molar-refractivity contribution in [1.29, 1.82) is 0 Å². The average molecular weight is 338 g/mol. The predicted octanol–water partition coefficient (Wildman–Crippen LogP) is 5.15. The summed E-state index contributed by atoms with van der Waals surface area (Å²) < 4.78 is 5.54. The van der Waals surface area contributed by atoms with Crippen LogP contribution in [0.15, 0.2) is 54.6 Å². The van der Waals surface area contributed by atoms with Crippen LogP contribution in [0.3, 0.4) is 0 Å². The van der Waals surface area contributed by atoms with Gasteiger partial charge in [0.2, 0.25) is 0 Å². The van der Waals surface area contributed by atoms with Crippen LogP contribution < -0.4 is 4.74 Å². The Morgan fingerprint density at radius 1 is 1.00 bits per heavy atom. The minimum absolute atomic E-state index is 0.0574. The van der Waals surface area contributed by atoms with E-state index in [0.29, 0.717) is 12.2 Å². The van der Waals surface area contributed by atoms with Crippen molar-refractivity contribution in [1.82, 2.24) is 0 Å². The molecule has 0 saturated carbocycles. The Morgan fingerprint density at radius 2 is 1.56 bits per heavy atom. The lowest BCUT2D eigenvalue weighted by atomic mass is 9.79. The first-order valence-corrected chi connectivity index (χ1v) is 8.62. The Balaban J connectivity index is 2.11. The van der Waals surface area contributed by atoms with E-state index in [9.17, 15) is 9.59 Å². The summed E-state index contributed by atoms with van der Waals surface area (Å²) in [6.45, 7) is 7.93. The van der Waals surface area contributed by atoms with Crippen molar-refractivity contribution < 1.29 is 14.3 Å². The van der Waals surface area contributed by atoms with E-state index in [0.717, 1.165) is 17.4 Å². The molecule has 2 unspecified atom stereocenters. The lowest BCUT2D eigenvalue weighted by Gasteiger charge is -2.26. The number of aldehydes is 1. The third-order valence-electron chi connectivity index (χ3n) is 4.16. The fraction of sp³-hybridized carbons (Fsp3) is 0.364. The fourth-order valence-electron chi connectivity index (χ4n) is 2.78. The van der Waals surface area contributed by atoms with Crippen LogP contribution in [0, 0.1) is 17.3 Å². The smallest absolute Gasteiger partial charge is 0.315 e. The van der Waals surface area contributed by atoms with Gasteiger partial charge in [-0.3, -0.25) is 4.79 Å². The molecule has 0 fully saturated rings. The molecule has 2 aromatic rings. The molecule has 0 heterocycles. The van der Waals surface area contributed by atoms with E-state index in [2.05, 4.69) is 20.8 Å². The molecule has 2 aromatic carbocycles. The highest BCUT2D eigenvalue weighted by atomic mass is 16.5. The molecule has 0 saturated heterocycles. The zero-order valence-electron chi connectivity index (χ0n) is 15.4. The quantitative estimate of drug-likeness (QED) is 0.416. The van der Waals surface area contributed by atoms with Gasteiger partial charge in [-0.2, -0.15) is 0 Å². The molecule has 0 aromatic heterocycles. The third kappa shape index (κ3) is 5.56. The maximum Gasteiger partial charge on any atom is 0.315 e. The van der Waals surface area contributed by atoms with Crippen LogP contribution in [-0.2, 0) is 9.59 Å². The largest absolute Gasteiger partial charge is 0.426 e. The maximum absolute atomic E-state index is 12.6. The number of rotatable bonds is 6. The Morgan fingerprint density at radius 3 is 2.08 bits per heavy atom. The zero-order valence-corrected chi connectivity index (χ0v) is 15.4. The third-order valence-corrected chi connectivity index (χ3v) is 4.16. The first kappa shape index (κ1) is 18.9. The van der Waals surface area contributed by atoms with E-state index >= 15 is 0 Å². The maximum atomic E-state index is 12.6. The van der Waals surface area contributed by atoms with E-state index in [1.807, 2.05) is 42.5 Å². The molecule has 0 spiro atoms. The molecule has 0 aliphatic rings. The second-order valence-corrected chi connectivity index (χ2v) is 7.68. The van der Waals surface area contributed by atoms with Crippen LogP contribution in [-0.4, -0.2) is 12.3 Å². The number of hydrogen-bond donors (Lipinski definition) is 0. The van der Waals surface area contributed by atoms with Gasteiger partial charge in [-0.05, 0) is 35.1 Å². The molecule has 0 aliphatic heterocycles. The van der Waals surface area contributed by atoms with Crippen molar-refractivity contribution in [3.05, 3.63) is 54.6 Å². The predicted molar refractivity (Wildman–Crippen MR) is 100 cm³/mol. The van der Waals surface area contributed by atoms with Crippen LogP contribution in [0.5, 0.6) is 5.75 Å². The Hall–Kier alpha value is -2.42. The molecule has 132 valence electrons. The normalized spacial score (nSPS) is 13.8. The first-order valence-electron chi connectivity index (χ1n) is 8.62. The zero-order chi connectivity index (χ0) is 18.4. The van der Waals surface area contributed by atoms with Gasteiger partial charge in [0.05, 0.1) is 5.92 Å². The molecular formula is C22H26O3. The van der Waals surface area contributed by atoms with Gasteiger partial charge in [0, 0.05) is 5.92 Å². The Kier molecular flexibility index (Phi) is 6.13. The van der Waals surface area contributed by atoms with Gasteiger partial charge in [0.25, 0.3) is 0 Å². The number of hydrogen-bond acceptors (Lipinski definition) is 3. The highest BCUT2D eigenvalue weighted by Gasteiger charge is 2.31. The number of carbonyl (C=O) groups excluding carboxylic acids is 2. The topological polar surface area (TPSA) is 43.4 Å². The summed E-state index contributed by atoms with van der Waals surface area (Å²) in [7, 11) is 0. The fourth-order valence-corrected chi connectivity index (χ4v) is 2.78. The molecule has 0 radical (unpaired) electrons. The summed E-state index contributed by atoms with van der Waals surface area (Å²) in [4.78, 5) is 23.7. The Labute approximate surface area is 150 Å². The van der Waals surface area contributed by atoms with E-state index in [1.54, 1.807) is 19.1 Å². The van der Waals surface area contributed by atoms with E-state index < -0.39 is 5.92 Å². The molecule has 0 amide bonds. The minimum atomic E-state index is -0.439. The summed E-state index contributed by atoms with van der Waals surface area (Å²) in [6.07, 6.45) is 1.43. The lowest BCUT2D eigenvalue weighted by Crippen LogP contribution is -2.31. The Bertz CT molecular complexity index is 696. The van der Waals surface area contributed by atoms with Gasteiger partial charge in [-0.15, -0.1) is 0 Å². The second kappa shape index (κ2) is 8.11. The van der Waals surface area contributed by atoms with E-state index in [4.69, 9.17) is 4.74 Å². The van der Waals surface area contributed by atoms with E-state index in [1.165, 1.54) is 0 Å². The second-order valence-electron chi connectivity index (χ2n) is 7.68. The van der Waals surface area contributed by atoms with Crippen LogP contribution in [0.25, 0.3) is 11.1 Å². The van der Waals surface area contributed by atoms with Crippen molar-refractivity contribution in [2.75, 3.05) is 0 Å². The van der Waals surface area contributed by atoms with Gasteiger partial charge in [0.15, 0.2) is 0 Å². The number of benzene rings is 2. The molecule has 0 aliphatic carbocycles. The molecular weight excluding hydrogens is 312 g/mol. The van der Waals surface area contributed by atoms with Gasteiger partial charge in [0.1, 0.15) is 12.0 Å². The minimum Gasteiger partial charge on any atom is -0.426 e. The SMILES string of the molecule is CC(C=O)C(CC(C)(C)C)C(=O)Oc1ccc(-c2ccccc2)cc1. The van der Waals surface area contributed by atoms with Gasteiger partial charge in [-0.1, -0.05) is 70.2 Å². The number of ether oxygens (including phenoxy) is 1. The highest BCUT2D eigenvalue weighted by molar-refractivity contribution is 5.79. The van der Waals surface area contributed by atoms with E-state index in [-0.39, 0.29) is 17.3 Å². The van der Waals surface area contributed by atoms with Crippen LogP contribution in [0.4, 0.5) is 0 Å². The van der Waals surface area contributed by atoms with Crippen molar-refractivity contribution in [2.45, 2.75) is 34.1 Å². The van der Waals surface area contributed by atoms with Crippen molar-refractivity contribution in [3.63, 3.8) is 0 Å². The van der Waals surface area contributed by atoms with Gasteiger partial charge < -0.3 is 9.53 Å². The summed E-state index contributed by atoms with van der Waals surface area (Å²) >= 11 is 0. The summed E-state index contributed by atoms with van der Waals surface area (Å²) in [5, 5.41) is 0.